The van der Waals surface area contributed by atoms with Crippen LogP contribution in [0, 0.1) is 0 Å². The molecule has 0 fully saturated rings. The Balaban J connectivity index is 4.73. The number of rotatable bonds is 15. The van der Waals surface area contributed by atoms with Crippen LogP contribution in [-0.4, -0.2) is 67.8 Å². The van der Waals surface area contributed by atoms with Gasteiger partial charge in [0.05, 0.1) is 13.2 Å². The number of nitrogens with one attached hydrogen (secondary N) is 3. The average Bonchev–Trinajstić information content (AvgIpc) is 2.72. The first-order chi connectivity index (χ1) is 15.5. The number of esters is 2. The van der Waals surface area contributed by atoms with E-state index in [1.54, 1.807) is 20.8 Å². The van der Waals surface area contributed by atoms with Crippen LogP contribution in [-0.2, 0) is 33.4 Å². The first kappa shape index (κ1) is 30.1. The van der Waals surface area contributed by atoms with Crippen molar-refractivity contribution in [2.45, 2.75) is 84.8 Å². The molecule has 190 valence electrons. The lowest BCUT2D eigenvalue weighted by Gasteiger charge is -2.23. The number of carbonyl (C=O) groups is 5. The van der Waals surface area contributed by atoms with Crippen molar-refractivity contribution in [3.05, 3.63) is 0 Å². The quantitative estimate of drug-likeness (QED) is 0.184. The van der Waals surface area contributed by atoms with Gasteiger partial charge in [-0.3, -0.25) is 19.2 Å². The van der Waals surface area contributed by atoms with Gasteiger partial charge in [0.15, 0.2) is 0 Å². The van der Waals surface area contributed by atoms with E-state index in [1.165, 1.54) is 0 Å². The number of unbranched alkanes of at least 4 members (excludes halogenated alkanes) is 2. The molecule has 1 atom stereocenters. The summed E-state index contributed by atoms with van der Waals surface area (Å²) in [5, 5.41) is 7.21. The van der Waals surface area contributed by atoms with Crippen molar-refractivity contribution in [1.29, 1.82) is 0 Å². The third-order valence-corrected chi connectivity index (χ3v) is 4.03. The van der Waals surface area contributed by atoms with Crippen molar-refractivity contribution in [3.63, 3.8) is 0 Å². The highest BCUT2D eigenvalue weighted by Crippen LogP contribution is 2.08. The average molecular weight is 474 g/mol. The number of hydrogen-bond acceptors (Lipinski definition) is 8. The Bertz CT molecular complexity index is 646. The van der Waals surface area contributed by atoms with Gasteiger partial charge in [-0.15, -0.1) is 0 Å². The molecule has 0 saturated heterocycles. The first-order valence-electron chi connectivity index (χ1n) is 11.3. The highest BCUT2D eigenvalue weighted by molar-refractivity contribution is 5.89. The molecule has 0 rings (SSSR count). The van der Waals surface area contributed by atoms with Crippen molar-refractivity contribution >= 4 is 29.8 Å². The number of amides is 3. The van der Waals surface area contributed by atoms with Crippen molar-refractivity contribution in [3.8, 4) is 0 Å². The Labute approximate surface area is 195 Å². The summed E-state index contributed by atoms with van der Waals surface area (Å²) in [6.07, 6.45) is 2.12. The van der Waals surface area contributed by atoms with Gasteiger partial charge in [0.2, 0.25) is 11.8 Å². The maximum atomic E-state index is 12.5. The van der Waals surface area contributed by atoms with E-state index in [9.17, 15) is 24.0 Å². The predicted molar refractivity (Wildman–Crippen MR) is 120 cm³/mol. The lowest BCUT2D eigenvalue weighted by molar-refractivity contribution is -0.144. The topological polar surface area (TPSA) is 149 Å². The monoisotopic (exact) mass is 473 g/mol. The molecule has 0 aromatic heterocycles. The second kappa shape index (κ2) is 16.7. The van der Waals surface area contributed by atoms with Crippen LogP contribution in [0.25, 0.3) is 0 Å². The van der Waals surface area contributed by atoms with Crippen LogP contribution < -0.4 is 16.0 Å². The fourth-order valence-corrected chi connectivity index (χ4v) is 2.30. The number of alkyl carbamates (subject to hydrolysis) is 1. The summed E-state index contributed by atoms with van der Waals surface area (Å²) in [7, 11) is 0. The van der Waals surface area contributed by atoms with Gasteiger partial charge in [-0.1, -0.05) is 26.7 Å². The summed E-state index contributed by atoms with van der Waals surface area (Å²) < 4.78 is 15.1. The van der Waals surface area contributed by atoms with Crippen LogP contribution in [0.4, 0.5) is 4.79 Å². The van der Waals surface area contributed by atoms with Crippen molar-refractivity contribution in [2.75, 3.05) is 26.3 Å². The molecule has 0 bridgehead atoms. The minimum Gasteiger partial charge on any atom is -0.464 e. The van der Waals surface area contributed by atoms with Crippen LogP contribution in [0.2, 0.25) is 0 Å². The van der Waals surface area contributed by atoms with Gasteiger partial charge in [0.25, 0.3) is 0 Å². The lowest BCUT2D eigenvalue weighted by atomic mass is 10.1. The van der Waals surface area contributed by atoms with Crippen LogP contribution in [0.5, 0.6) is 0 Å². The SMILES string of the molecule is CCCCOC(=O)CNC(=O)CCC(NC(=O)OC(C)(C)C)C(=O)NCC(=O)OCCCC. The summed E-state index contributed by atoms with van der Waals surface area (Å²) >= 11 is 0. The molecular formula is C22H39N3O8. The van der Waals surface area contributed by atoms with E-state index in [0.29, 0.717) is 6.42 Å². The molecule has 0 aliphatic heterocycles. The zero-order valence-corrected chi connectivity index (χ0v) is 20.4. The van der Waals surface area contributed by atoms with Gasteiger partial charge in [-0.05, 0) is 40.0 Å². The first-order valence-corrected chi connectivity index (χ1v) is 11.3. The molecule has 1 unspecified atom stereocenters. The van der Waals surface area contributed by atoms with Crippen LogP contribution in [0.15, 0.2) is 0 Å². The van der Waals surface area contributed by atoms with E-state index < -0.39 is 41.5 Å². The lowest BCUT2D eigenvalue weighted by Crippen LogP contribution is -2.49. The van der Waals surface area contributed by atoms with Crippen molar-refractivity contribution in [1.82, 2.24) is 16.0 Å². The normalized spacial score (nSPS) is 11.7. The molecule has 0 saturated carbocycles. The number of carbonyl (C=O) groups excluding carboxylic acids is 5. The molecule has 0 aliphatic rings. The van der Waals surface area contributed by atoms with Gasteiger partial charge in [-0.25, -0.2) is 4.79 Å². The molecule has 0 radical (unpaired) electrons. The summed E-state index contributed by atoms with van der Waals surface area (Å²) in [6, 6.07) is -1.13. The van der Waals surface area contributed by atoms with E-state index in [0.717, 1.165) is 19.3 Å². The van der Waals surface area contributed by atoms with Crippen LogP contribution in [0.1, 0.15) is 73.1 Å². The third kappa shape index (κ3) is 17.4. The minimum atomic E-state index is -1.13. The Morgan fingerprint density at radius 1 is 0.818 bits per heavy atom. The fourth-order valence-electron chi connectivity index (χ4n) is 2.30. The second-order valence-electron chi connectivity index (χ2n) is 8.38. The number of ether oxygens (including phenoxy) is 3. The molecule has 11 nitrogen and oxygen atoms in total. The van der Waals surface area contributed by atoms with Gasteiger partial charge in [-0.2, -0.15) is 0 Å². The van der Waals surface area contributed by atoms with E-state index >= 15 is 0 Å². The van der Waals surface area contributed by atoms with E-state index in [2.05, 4.69) is 16.0 Å². The molecule has 0 spiro atoms. The van der Waals surface area contributed by atoms with Crippen molar-refractivity contribution in [2.24, 2.45) is 0 Å². The number of hydrogen-bond donors (Lipinski definition) is 3. The second-order valence-corrected chi connectivity index (χ2v) is 8.38. The molecule has 3 amide bonds. The van der Waals surface area contributed by atoms with Gasteiger partial charge >= 0.3 is 18.0 Å². The Morgan fingerprint density at radius 3 is 1.82 bits per heavy atom. The predicted octanol–water partition coefficient (Wildman–Crippen LogP) is 1.58. The third-order valence-electron chi connectivity index (χ3n) is 4.03. The molecule has 3 N–H and O–H groups in total. The molecular weight excluding hydrogens is 434 g/mol. The fraction of sp³-hybridized carbons (Fsp3) is 0.773. The van der Waals surface area contributed by atoms with Crippen LogP contribution in [0.3, 0.4) is 0 Å². The van der Waals surface area contributed by atoms with Gasteiger partial charge < -0.3 is 30.2 Å². The smallest absolute Gasteiger partial charge is 0.408 e. The summed E-state index contributed by atoms with van der Waals surface area (Å²) in [4.78, 5) is 60.0. The summed E-state index contributed by atoms with van der Waals surface area (Å²) in [5.74, 6) is -2.32. The van der Waals surface area contributed by atoms with E-state index in [1.807, 2.05) is 13.8 Å². The Hall–Kier alpha value is -2.85. The zero-order valence-electron chi connectivity index (χ0n) is 20.4. The molecule has 11 heteroatoms. The maximum absolute atomic E-state index is 12.5. The van der Waals surface area contributed by atoms with Gasteiger partial charge in [0, 0.05) is 6.42 Å². The Kier molecular flexibility index (Phi) is 15.3. The standard InChI is InChI=1S/C22H39N3O8/c1-6-8-12-31-18(27)14-23-17(26)11-10-16(25-21(30)33-22(3,4)5)20(29)24-15-19(28)32-13-9-7-2/h16H,6-15H2,1-5H3,(H,23,26)(H,24,29)(H,25,30). The zero-order chi connectivity index (χ0) is 25.3. The van der Waals surface area contributed by atoms with E-state index in [4.69, 9.17) is 14.2 Å². The molecule has 0 heterocycles. The highest BCUT2D eigenvalue weighted by Gasteiger charge is 2.25. The summed E-state index contributed by atoms with van der Waals surface area (Å²) in [6.45, 7) is 8.80. The minimum absolute atomic E-state index is 0.0767. The molecule has 0 aliphatic carbocycles. The van der Waals surface area contributed by atoms with Gasteiger partial charge in [0.1, 0.15) is 24.7 Å². The molecule has 0 aromatic carbocycles. The maximum Gasteiger partial charge on any atom is 0.408 e. The Morgan fingerprint density at radius 2 is 1.33 bits per heavy atom. The largest absolute Gasteiger partial charge is 0.464 e. The molecule has 33 heavy (non-hydrogen) atoms. The molecule has 0 aromatic rings. The highest BCUT2D eigenvalue weighted by atomic mass is 16.6. The van der Waals surface area contributed by atoms with Crippen LogP contribution >= 0.6 is 0 Å². The summed E-state index contributed by atoms with van der Waals surface area (Å²) in [5.41, 5.74) is -0.788. The van der Waals surface area contributed by atoms with Crippen molar-refractivity contribution < 1.29 is 38.2 Å². The van der Waals surface area contributed by atoms with E-state index in [-0.39, 0.29) is 39.1 Å².